The minimum Gasteiger partial charge on any atom is -0.0949 e. The first-order chi connectivity index (χ1) is 7.75. The van der Waals surface area contributed by atoms with Crippen molar-refractivity contribution in [2.24, 2.45) is 0 Å². The third-order valence-corrected chi connectivity index (χ3v) is 2.72. The summed E-state index contributed by atoms with van der Waals surface area (Å²) in [6.07, 6.45) is 0.921. The zero-order chi connectivity index (χ0) is 11.4. The molecule has 0 fully saturated rings. The van der Waals surface area contributed by atoms with Crippen LogP contribution in [0.4, 0.5) is 0 Å². The smallest absolute Gasteiger partial charge is 0.00257 e. The van der Waals surface area contributed by atoms with Gasteiger partial charge in [0.05, 0.1) is 0 Å². The van der Waals surface area contributed by atoms with E-state index in [-0.39, 0.29) is 0 Å². The first-order valence-electron chi connectivity index (χ1n) is 5.54. The molecule has 0 unspecified atom stereocenters. The molecule has 0 atom stereocenters. The van der Waals surface area contributed by atoms with Gasteiger partial charge in [0, 0.05) is 0 Å². The Bertz CT molecular complexity index is 463. The lowest BCUT2D eigenvalue weighted by Gasteiger charge is -2.06. The van der Waals surface area contributed by atoms with Crippen LogP contribution in [0.15, 0.2) is 61.2 Å². The fourth-order valence-corrected chi connectivity index (χ4v) is 1.73. The van der Waals surface area contributed by atoms with Gasteiger partial charge in [-0.25, -0.2) is 0 Å². The van der Waals surface area contributed by atoms with Gasteiger partial charge in [0.25, 0.3) is 0 Å². The van der Waals surface area contributed by atoms with Crippen molar-refractivity contribution in [1.29, 1.82) is 0 Å². The van der Waals surface area contributed by atoms with E-state index >= 15 is 0 Å². The summed E-state index contributed by atoms with van der Waals surface area (Å²) in [7, 11) is 0. The van der Waals surface area contributed by atoms with Crippen LogP contribution in [-0.4, -0.2) is 0 Å². The first-order valence-corrected chi connectivity index (χ1v) is 5.54. The van der Waals surface area contributed by atoms with Crippen molar-refractivity contribution >= 4 is 5.57 Å². The molecule has 0 aliphatic rings. The maximum absolute atomic E-state index is 4.15. The van der Waals surface area contributed by atoms with Crippen molar-refractivity contribution in [2.45, 2.75) is 13.3 Å². The molecule has 0 saturated carbocycles. The van der Waals surface area contributed by atoms with Crippen LogP contribution in [0.25, 0.3) is 5.57 Å². The highest BCUT2D eigenvalue weighted by molar-refractivity contribution is 5.65. The average Bonchev–Trinajstić information content (AvgIpc) is 2.31. The normalized spacial score (nSPS) is 10.1. The van der Waals surface area contributed by atoms with E-state index in [0.717, 1.165) is 6.42 Å². The van der Waals surface area contributed by atoms with Gasteiger partial charge in [0.15, 0.2) is 0 Å². The summed E-state index contributed by atoms with van der Waals surface area (Å²) < 4.78 is 0. The van der Waals surface area contributed by atoms with Crippen molar-refractivity contribution in [3.05, 3.63) is 77.9 Å². The van der Waals surface area contributed by atoms with E-state index in [9.17, 15) is 0 Å². The molecular weight excluding hydrogens is 192 g/mol. The van der Waals surface area contributed by atoms with Gasteiger partial charge < -0.3 is 0 Å². The van der Waals surface area contributed by atoms with E-state index in [1.54, 1.807) is 0 Å². The van der Waals surface area contributed by atoms with Gasteiger partial charge in [-0.2, -0.15) is 0 Å². The fourth-order valence-electron chi connectivity index (χ4n) is 1.73. The van der Waals surface area contributed by atoms with Crippen LogP contribution in [0.3, 0.4) is 0 Å². The van der Waals surface area contributed by atoms with Gasteiger partial charge in [0.2, 0.25) is 0 Å². The lowest BCUT2D eigenvalue weighted by atomic mass is 9.99. The molecule has 2 aromatic carbocycles. The number of hydrogen-bond acceptors (Lipinski definition) is 0. The van der Waals surface area contributed by atoms with Gasteiger partial charge in [0.1, 0.15) is 0 Å². The summed E-state index contributed by atoms with van der Waals surface area (Å²) in [5.74, 6) is 0. The molecule has 0 amide bonds. The second-order valence-corrected chi connectivity index (χ2v) is 4.13. The summed E-state index contributed by atoms with van der Waals surface area (Å²) in [6.45, 7) is 6.25. The van der Waals surface area contributed by atoms with E-state index in [1.807, 2.05) is 6.07 Å². The Morgan fingerprint density at radius 3 is 2.19 bits per heavy atom. The molecule has 0 heteroatoms. The van der Waals surface area contributed by atoms with E-state index in [4.69, 9.17) is 0 Å². The summed E-state index contributed by atoms with van der Waals surface area (Å²) in [4.78, 5) is 0. The first kappa shape index (κ1) is 10.7. The summed E-state index contributed by atoms with van der Waals surface area (Å²) in [5, 5.41) is 0. The third-order valence-electron chi connectivity index (χ3n) is 2.72. The minimum absolute atomic E-state index is 0.921. The molecule has 0 saturated heterocycles. The van der Waals surface area contributed by atoms with Crippen LogP contribution in [0.5, 0.6) is 0 Å². The molecule has 2 rings (SSSR count). The molecule has 0 bridgehead atoms. The molecule has 0 aliphatic heterocycles. The molecule has 80 valence electrons. The summed E-state index contributed by atoms with van der Waals surface area (Å²) in [5.41, 5.74) is 5.00. The predicted molar refractivity (Wildman–Crippen MR) is 70.4 cm³/mol. The molecule has 0 N–H and O–H groups in total. The van der Waals surface area contributed by atoms with Gasteiger partial charge in [-0.15, -0.1) is 0 Å². The Morgan fingerprint density at radius 1 is 0.938 bits per heavy atom. The van der Waals surface area contributed by atoms with Crippen LogP contribution >= 0.6 is 0 Å². The Morgan fingerprint density at radius 2 is 1.56 bits per heavy atom. The van der Waals surface area contributed by atoms with Crippen molar-refractivity contribution in [1.82, 2.24) is 0 Å². The van der Waals surface area contributed by atoms with E-state index < -0.39 is 0 Å². The van der Waals surface area contributed by atoms with Crippen LogP contribution in [0.1, 0.15) is 16.7 Å². The van der Waals surface area contributed by atoms with E-state index in [2.05, 4.69) is 62.0 Å². The maximum Gasteiger partial charge on any atom is -0.00257 e. The predicted octanol–water partition coefficient (Wildman–Crippen LogP) is 4.25. The average molecular weight is 208 g/mol. The topological polar surface area (TPSA) is 0 Å². The molecular formula is C16H16. The van der Waals surface area contributed by atoms with Crippen molar-refractivity contribution in [3.63, 3.8) is 0 Å². The molecule has 0 nitrogen and oxygen atoms in total. The molecule has 0 aliphatic carbocycles. The largest absolute Gasteiger partial charge is 0.0949 e. The van der Waals surface area contributed by atoms with Crippen molar-refractivity contribution in [3.8, 4) is 0 Å². The highest BCUT2D eigenvalue weighted by atomic mass is 14.0. The standard InChI is InChI=1S/C16H16/c1-13-8-10-16(11-9-13)14(2)12-15-6-4-3-5-7-15/h3-11H,2,12H2,1H3. The third kappa shape index (κ3) is 2.60. The Hall–Kier alpha value is -1.82. The molecule has 0 spiro atoms. The van der Waals surface area contributed by atoms with Crippen LogP contribution in [0, 0.1) is 6.92 Å². The monoisotopic (exact) mass is 208 g/mol. The second kappa shape index (κ2) is 4.80. The van der Waals surface area contributed by atoms with Gasteiger partial charge in [-0.05, 0) is 30.0 Å². The Balaban J connectivity index is 2.12. The van der Waals surface area contributed by atoms with E-state index in [0.29, 0.717) is 0 Å². The van der Waals surface area contributed by atoms with Gasteiger partial charge in [-0.3, -0.25) is 0 Å². The molecule has 16 heavy (non-hydrogen) atoms. The molecule has 0 aromatic heterocycles. The zero-order valence-electron chi connectivity index (χ0n) is 9.61. The lowest BCUT2D eigenvalue weighted by Crippen LogP contribution is -1.89. The summed E-state index contributed by atoms with van der Waals surface area (Å²) in [6, 6.07) is 19.0. The van der Waals surface area contributed by atoms with Crippen molar-refractivity contribution < 1.29 is 0 Å². The number of hydrogen-bond donors (Lipinski definition) is 0. The molecule has 0 radical (unpaired) electrons. The number of benzene rings is 2. The van der Waals surface area contributed by atoms with Crippen LogP contribution in [0.2, 0.25) is 0 Å². The molecule has 0 heterocycles. The zero-order valence-corrected chi connectivity index (χ0v) is 9.61. The minimum atomic E-state index is 0.921. The fraction of sp³-hybridized carbons (Fsp3) is 0.125. The van der Waals surface area contributed by atoms with Gasteiger partial charge in [-0.1, -0.05) is 66.7 Å². The number of aryl methyl sites for hydroxylation is 1. The second-order valence-electron chi connectivity index (χ2n) is 4.13. The highest BCUT2D eigenvalue weighted by Gasteiger charge is 1.99. The quantitative estimate of drug-likeness (QED) is 0.707. The SMILES string of the molecule is C=C(Cc1ccccc1)c1ccc(C)cc1. The maximum atomic E-state index is 4.15. The lowest BCUT2D eigenvalue weighted by molar-refractivity contribution is 1.28. The Kier molecular flexibility index (Phi) is 3.21. The summed E-state index contributed by atoms with van der Waals surface area (Å²) >= 11 is 0. The van der Waals surface area contributed by atoms with Crippen LogP contribution in [-0.2, 0) is 6.42 Å². The highest BCUT2D eigenvalue weighted by Crippen LogP contribution is 2.18. The van der Waals surface area contributed by atoms with Crippen molar-refractivity contribution in [2.75, 3.05) is 0 Å². The van der Waals surface area contributed by atoms with Crippen LogP contribution < -0.4 is 0 Å². The van der Waals surface area contributed by atoms with Gasteiger partial charge >= 0.3 is 0 Å². The Labute approximate surface area is 97.3 Å². The number of allylic oxidation sites excluding steroid dienone is 1. The van der Waals surface area contributed by atoms with E-state index in [1.165, 1.54) is 22.3 Å². The number of rotatable bonds is 3. The molecule has 2 aromatic rings.